The minimum absolute atomic E-state index is 0.0203. The van der Waals surface area contributed by atoms with Gasteiger partial charge in [-0.2, -0.15) is 0 Å². The maximum absolute atomic E-state index is 13.1. The van der Waals surface area contributed by atoms with E-state index in [1.165, 1.54) is 18.2 Å². The molecule has 0 aliphatic carbocycles. The Balaban J connectivity index is 2.18. The lowest BCUT2D eigenvalue weighted by atomic mass is 9.95. The van der Waals surface area contributed by atoms with Crippen LogP contribution in [0.25, 0.3) is 0 Å². The third kappa shape index (κ3) is 2.54. The van der Waals surface area contributed by atoms with Crippen LogP contribution in [-0.2, 0) is 0 Å². The van der Waals surface area contributed by atoms with E-state index in [1.807, 2.05) is 0 Å². The lowest BCUT2D eigenvalue weighted by molar-refractivity contribution is 0.113. The first-order chi connectivity index (χ1) is 7.68. The van der Waals surface area contributed by atoms with Gasteiger partial charge in [-0.15, -0.1) is 0 Å². The van der Waals surface area contributed by atoms with Crippen LogP contribution in [0.5, 0.6) is 0 Å². The van der Waals surface area contributed by atoms with Crippen molar-refractivity contribution in [2.24, 2.45) is 0 Å². The normalized spacial score (nSPS) is 23.1. The van der Waals surface area contributed by atoms with Gasteiger partial charge in [-0.1, -0.05) is 18.0 Å². The molecule has 2 nitrogen and oxygen atoms in total. The van der Waals surface area contributed by atoms with Crippen LogP contribution in [0.3, 0.4) is 0 Å². The van der Waals surface area contributed by atoms with E-state index in [9.17, 15) is 9.50 Å². The summed E-state index contributed by atoms with van der Waals surface area (Å²) < 4.78 is 13.1. The van der Waals surface area contributed by atoms with E-state index < -0.39 is 6.10 Å². The summed E-state index contributed by atoms with van der Waals surface area (Å²) >= 11 is 5.96. The SMILES string of the molecule is OC(c1cc(F)ccc1Cl)C1CCCCN1. The van der Waals surface area contributed by atoms with E-state index in [2.05, 4.69) is 5.32 Å². The van der Waals surface area contributed by atoms with Crippen LogP contribution in [0, 0.1) is 5.82 Å². The van der Waals surface area contributed by atoms with Crippen molar-refractivity contribution in [2.45, 2.75) is 31.4 Å². The molecule has 2 unspecified atom stereocenters. The Hall–Kier alpha value is -0.640. The molecule has 0 spiro atoms. The molecule has 2 atom stereocenters. The minimum atomic E-state index is -0.733. The summed E-state index contributed by atoms with van der Waals surface area (Å²) in [5, 5.41) is 13.8. The van der Waals surface area contributed by atoms with Gasteiger partial charge in [0.2, 0.25) is 0 Å². The Morgan fingerprint density at radius 1 is 1.44 bits per heavy atom. The van der Waals surface area contributed by atoms with Crippen LogP contribution >= 0.6 is 11.6 Å². The molecule has 4 heteroatoms. The van der Waals surface area contributed by atoms with Gasteiger partial charge in [0.1, 0.15) is 5.82 Å². The number of hydrogen-bond donors (Lipinski definition) is 2. The van der Waals surface area contributed by atoms with Gasteiger partial charge < -0.3 is 10.4 Å². The second kappa shape index (κ2) is 5.13. The predicted octanol–water partition coefficient (Wildman–Crippen LogP) is 2.65. The summed E-state index contributed by atoms with van der Waals surface area (Å²) in [5.74, 6) is -0.366. The van der Waals surface area contributed by atoms with E-state index in [0.29, 0.717) is 10.6 Å². The summed E-state index contributed by atoms with van der Waals surface area (Å²) in [6.07, 6.45) is 2.37. The quantitative estimate of drug-likeness (QED) is 0.837. The van der Waals surface area contributed by atoms with Crippen LogP contribution in [0.15, 0.2) is 18.2 Å². The highest BCUT2D eigenvalue weighted by molar-refractivity contribution is 6.31. The molecule has 0 radical (unpaired) electrons. The fourth-order valence-corrected chi connectivity index (χ4v) is 2.34. The van der Waals surface area contributed by atoms with Crippen LogP contribution in [0.2, 0.25) is 5.02 Å². The molecule has 88 valence electrons. The first kappa shape index (κ1) is 11.8. The van der Waals surface area contributed by atoms with Crippen molar-refractivity contribution >= 4 is 11.6 Å². The number of nitrogens with one attached hydrogen (secondary N) is 1. The number of halogens is 2. The maximum Gasteiger partial charge on any atom is 0.123 e. The first-order valence-corrected chi connectivity index (χ1v) is 5.92. The largest absolute Gasteiger partial charge is 0.387 e. The van der Waals surface area contributed by atoms with Gasteiger partial charge in [0, 0.05) is 16.6 Å². The average molecular weight is 244 g/mol. The monoisotopic (exact) mass is 243 g/mol. The minimum Gasteiger partial charge on any atom is -0.387 e. The van der Waals surface area contributed by atoms with Crippen molar-refractivity contribution in [2.75, 3.05) is 6.54 Å². The van der Waals surface area contributed by atoms with Crippen LogP contribution in [-0.4, -0.2) is 17.7 Å². The van der Waals surface area contributed by atoms with E-state index in [0.717, 1.165) is 25.8 Å². The van der Waals surface area contributed by atoms with Crippen LogP contribution in [0.1, 0.15) is 30.9 Å². The molecule has 1 aromatic rings. The van der Waals surface area contributed by atoms with Crippen molar-refractivity contribution in [1.29, 1.82) is 0 Å². The standard InChI is InChI=1S/C12H15ClFNO/c13-10-5-4-8(14)7-9(10)12(16)11-3-1-2-6-15-11/h4-5,7,11-12,15-16H,1-3,6H2. The number of rotatable bonds is 2. The predicted molar refractivity (Wildman–Crippen MR) is 62.0 cm³/mol. The molecule has 1 fully saturated rings. The summed E-state index contributed by atoms with van der Waals surface area (Å²) in [7, 11) is 0. The third-order valence-electron chi connectivity index (χ3n) is 3.01. The Kier molecular flexibility index (Phi) is 3.79. The second-order valence-corrected chi connectivity index (χ2v) is 4.57. The molecule has 1 saturated heterocycles. The van der Waals surface area contributed by atoms with Gasteiger partial charge in [-0.25, -0.2) is 4.39 Å². The Bertz CT molecular complexity index is 366. The highest BCUT2D eigenvalue weighted by Crippen LogP contribution is 2.28. The molecule has 2 N–H and O–H groups in total. The number of aliphatic hydroxyl groups excluding tert-OH is 1. The number of piperidine rings is 1. The molecule has 2 rings (SSSR count). The molecule has 16 heavy (non-hydrogen) atoms. The molecule has 0 amide bonds. The molecule has 1 aliphatic heterocycles. The van der Waals surface area contributed by atoms with Crippen molar-refractivity contribution in [3.8, 4) is 0 Å². The van der Waals surface area contributed by atoms with Gasteiger partial charge in [0.15, 0.2) is 0 Å². The van der Waals surface area contributed by atoms with Crippen molar-refractivity contribution < 1.29 is 9.50 Å². The van der Waals surface area contributed by atoms with E-state index in [1.54, 1.807) is 0 Å². The van der Waals surface area contributed by atoms with Crippen LogP contribution in [0.4, 0.5) is 4.39 Å². The topological polar surface area (TPSA) is 32.3 Å². The first-order valence-electron chi connectivity index (χ1n) is 5.55. The zero-order chi connectivity index (χ0) is 11.5. The lowest BCUT2D eigenvalue weighted by Gasteiger charge is -2.28. The van der Waals surface area contributed by atoms with Gasteiger partial charge in [-0.3, -0.25) is 0 Å². The summed E-state index contributed by atoms with van der Waals surface area (Å²) in [5.41, 5.74) is 0.473. The Labute approximate surface area is 99.4 Å². The van der Waals surface area contributed by atoms with Crippen molar-refractivity contribution in [3.05, 3.63) is 34.6 Å². The Morgan fingerprint density at radius 2 is 2.25 bits per heavy atom. The fourth-order valence-electron chi connectivity index (χ4n) is 2.11. The third-order valence-corrected chi connectivity index (χ3v) is 3.35. The average Bonchev–Trinajstić information content (AvgIpc) is 2.32. The number of aliphatic hydroxyl groups is 1. The second-order valence-electron chi connectivity index (χ2n) is 4.17. The van der Waals surface area contributed by atoms with Gasteiger partial charge in [0.05, 0.1) is 6.10 Å². The molecule has 0 saturated carbocycles. The van der Waals surface area contributed by atoms with E-state index >= 15 is 0 Å². The van der Waals surface area contributed by atoms with E-state index in [4.69, 9.17) is 11.6 Å². The lowest BCUT2D eigenvalue weighted by Crippen LogP contribution is -2.38. The molecule has 0 bridgehead atoms. The smallest absolute Gasteiger partial charge is 0.123 e. The molecule has 1 heterocycles. The summed E-state index contributed by atoms with van der Waals surface area (Å²) in [6, 6.07) is 4.07. The zero-order valence-electron chi connectivity index (χ0n) is 8.92. The van der Waals surface area contributed by atoms with Gasteiger partial charge in [-0.05, 0) is 37.6 Å². The summed E-state index contributed by atoms with van der Waals surface area (Å²) in [6.45, 7) is 0.897. The fraction of sp³-hybridized carbons (Fsp3) is 0.500. The highest BCUT2D eigenvalue weighted by atomic mass is 35.5. The highest BCUT2D eigenvalue weighted by Gasteiger charge is 2.24. The molecule has 0 aromatic heterocycles. The van der Waals surface area contributed by atoms with Gasteiger partial charge in [0.25, 0.3) is 0 Å². The van der Waals surface area contributed by atoms with Gasteiger partial charge >= 0.3 is 0 Å². The maximum atomic E-state index is 13.1. The molecular formula is C12H15ClFNO. The van der Waals surface area contributed by atoms with E-state index in [-0.39, 0.29) is 11.9 Å². The van der Waals surface area contributed by atoms with Crippen LogP contribution < -0.4 is 5.32 Å². The zero-order valence-corrected chi connectivity index (χ0v) is 9.67. The van der Waals surface area contributed by atoms with Crippen molar-refractivity contribution in [1.82, 2.24) is 5.32 Å². The van der Waals surface area contributed by atoms with Crippen molar-refractivity contribution in [3.63, 3.8) is 0 Å². The molecule has 1 aliphatic rings. The number of benzene rings is 1. The summed E-state index contributed by atoms with van der Waals surface area (Å²) in [4.78, 5) is 0. The Morgan fingerprint density at radius 3 is 2.94 bits per heavy atom. The molecule has 1 aromatic carbocycles. The molecular weight excluding hydrogens is 229 g/mol. The number of hydrogen-bond acceptors (Lipinski definition) is 2.